The summed E-state index contributed by atoms with van der Waals surface area (Å²) in [7, 11) is 0. The summed E-state index contributed by atoms with van der Waals surface area (Å²) in [5.41, 5.74) is 3.22. The standard InChI is InChI=1S/C25H32N2O3/c28-24(15-20-8-3-1-4-9-20)27-17-25(29)26-16-22-12-7-13-23(14-22)19-30-18-21-10-5-2-6-11-21/h2,5-7,10-14,20H,1,3-4,8-9,15-19H2,(H,26,29)(H,27,28). The lowest BCUT2D eigenvalue weighted by Crippen LogP contribution is -2.37. The van der Waals surface area contributed by atoms with E-state index < -0.39 is 0 Å². The predicted octanol–water partition coefficient (Wildman–Crippen LogP) is 4.11. The van der Waals surface area contributed by atoms with Gasteiger partial charge in [-0.2, -0.15) is 0 Å². The maximum atomic E-state index is 12.1. The van der Waals surface area contributed by atoms with E-state index in [1.165, 1.54) is 19.3 Å². The summed E-state index contributed by atoms with van der Waals surface area (Å²) in [6.07, 6.45) is 6.51. The van der Waals surface area contributed by atoms with Crippen LogP contribution in [-0.2, 0) is 34.1 Å². The zero-order chi connectivity index (χ0) is 21.0. The number of carbonyl (C=O) groups excluding carboxylic acids is 2. The number of ether oxygens (including phenoxy) is 1. The van der Waals surface area contributed by atoms with E-state index in [1.54, 1.807) is 0 Å². The van der Waals surface area contributed by atoms with Crippen molar-refractivity contribution in [2.45, 2.75) is 58.3 Å². The highest BCUT2D eigenvalue weighted by Crippen LogP contribution is 2.25. The lowest BCUT2D eigenvalue weighted by molar-refractivity contribution is -0.126. The highest BCUT2D eigenvalue weighted by Gasteiger charge is 2.17. The van der Waals surface area contributed by atoms with Gasteiger partial charge < -0.3 is 15.4 Å². The fraction of sp³-hybridized carbons (Fsp3) is 0.440. The predicted molar refractivity (Wildman–Crippen MR) is 117 cm³/mol. The molecule has 5 heteroatoms. The molecule has 1 fully saturated rings. The smallest absolute Gasteiger partial charge is 0.239 e. The molecule has 5 nitrogen and oxygen atoms in total. The fourth-order valence-corrected chi connectivity index (χ4v) is 3.86. The first kappa shape index (κ1) is 22.0. The van der Waals surface area contributed by atoms with Crippen molar-refractivity contribution in [3.63, 3.8) is 0 Å². The molecular formula is C25H32N2O3. The van der Waals surface area contributed by atoms with Crippen molar-refractivity contribution < 1.29 is 14.3 Å². The molecule has 3 rings (SSSR count). The first-order chi connectivity index (χ1) is 14.7. The zero-order valence-electron chi connectivity index (χ0n) is 17.6. The quantitative estimate of drug-likeness (QED) is 0.622. The van der Waals surface area contributed by atoms with E-state index in [2.05, 4.69) is 10.6 Å². The Kier molecular flexibility index (Phi) is 8.91. The molecule has 0 atom stereocenters. The summed E-state index contributed by atoms with van der Waals surface area (Å²) >= 11 is 0. The second-order valence-electron chi connectivity index (χ2n) is 8.06. The van der Waals surface area contributed by atoms with Crippen molar-refractivity contribution in [2.75, 3.05) is 6.54 Å². The fourth-order valence-electron chi connectivity index (χ4n) is 3.86. The van der Waals surface area contributed by atoms with Crippen LogP contribution in [-0.4, -0.2) is 18.4 Å². The second kappa shape index (κ2) is 12.1. The lowest BCUT2D eigenvalue weighted by atomic mass is 9.87. The first-order valence-electron chi connectivity index (χ1n) is 10.9. The highest BCUT2D eigenvalue weighted by atomic mass is 16.5. The molecule has 0 unspecified atom stereocenters. The van der Waals surface area contributed by atoms with Crippen LogP contribution < -0.4 is 10.6 Å². The van der Waals surface area contributed by atoms with Gasteiger partial charge in [-0.05, 0) is 35.4 Å². The first-order valence-corrected chi connectivity index (χ1v) is 10.9. The largest absolute Gasteiger partial charge is 0.372 e. The zero-order valence-corrected chi connectivity index (χ0v) is 17.6. The molecule has 0 spiro atoms. The Bertz CT molecular complexity index is 801. The van der Waals surface area contributed by atoms with Gasteiger partial charge in [0.1, 0.15) is 0 Å². The van der Waals surface area contributed by atoms with Crippen molar-refractivity contribution in [1.29, 1.82) is 0 Å². The molecule has 2 N–H and O–H groups in total. The van der Waals surface area contributed by atoms with E-state index in [4.69, 9.17) is 4.74 Å². The van der Waals surface area contributed by atoms with Crippen molar-refractivity contribution in [2.24, 2.45) is 5.92 Å². The summed E-state index contributed by atoms with van der Waals surface area (Å²) in [6, 6.07) is 18.1. The van der Waals surface area contributed by atoms with Gasteiger partial charge in [0, 0.05) is 13.0 Å². The Hall–Kier alpha value is -2.66. The minimum Gasteiger partial charge on any atom is -0.372 e. The van der Waals surface area contributed by atoms with Crippen LogP contribution in [0.25, 0.3) is 0 Å². The van der Waals surface area contributed by atoms with Gasteiger partial charge in [0.25, 0.3) is 0 Å². The second-order valence-corrected chi connectivity index (χ2v) is 8.06. The normalized spacial score (nSPS) is 14.3. The van der Waals surface area contributed by atoms with Crippen molar-refractivity contribution in [3.8, 4) is 0 Å². The van der Waals surface area contributed by atoms with E-state index >= 15 is 0 Å². The SMILES string of the molecule is O=C(CNC(=O)CC1CCCCC1)NCc1cccc(COCc2ccccc2)c1. The molecule has 1 saturated carbocycles. The van der Waals surface area contributed by atoms with Gasteiger partial charge in [0.05, 0.1) is 19.8 Å². The van der Waals surface area contributed by atoms with Crippen LogP contribution in [0.4, 0.5) is 0 Å². The summed E-state index contributed by atoms with van der Waals surface area (Å²) < 4.78 is 5.78. The third-order valence-corrected chi connectivity index (χ3v) is 5.51. The molecule has 30 heavy (non-hydrogen) atoms. The van der Waals surface area contributed by atoms with Gasteiger partial charge in [-0.1, -0.05) is 73.9 Å². The van der Waals surface area contributed by atoms with Crippen LogP contribution in [0.1, 0.15) is 55.2 Å². The molecule has 2 amide bonds. The van der Waals surface area contributed by atoms with Crippen LogP contribution in [0.15, 0.2) is 54.6 Å². The number of hydrogen-bond donors (Lipinski definition) is 2. The molecule has 0 aromatic heterocycles. The molecule has 0 aliphatic heterocycles. The topological polar surface area (TPSA) is 67.4 Å². The molecule has 0 saturated heterocycles. The van der Waals surface area contributed by atoms with Crippen LogP contribution in [0, 0.1) is 5.92 Å². The van der Waals surface area contributed by atoms with Gasteiger partial charge in [-0.3, -0.25) is 9.59 Å². The van der Waals surface area contributed by atoms with Gasteiger partial charge in [-0.15, -0.1) is 0 Å². The van der Waals surface area contributed by atoms with Crippen molar-refractivity contribution in [1.82, 2.24) is 10.6 Å². The summed E-state index contributed by atoms with van der Waals surface area (Å²) in [5.74, 6) is 0.293. The molecule has 0 heterocycles. The number of hydrogen-bond acceptors (Lipinski definition) is 3. The maximum Gasteiger partial charge on any atom is 0.239 e. The van der Waals surface area contributed by atoms with Crippen LogP contribution in [0.3, 0.4) is 0 Å². The number of nitrogens with one attached hydrogen (secondary N) is 2. The molecular weight excluding hydrogens is 376 g/mol. The van der Waals surface area contributed by atoms with E-state index in [0.717, 1.165) is 29.5 Å². The Balaban J connectivity index is 1.34. The van der Waals surface area contributed by atoms with Crippen LogP contribution >= 0.6 is 0 Å². The summed E-state index contributed by atoms with van der Waals surface area (Å²) in [6.45, 7) is 1.56. The minimum absolute atomic E-state index is 0.0189. The van der Waals surface area contributed by atoms with E-state index in [-0.39, 0.29) is 18.4 Å². The maximum absolute atomic E-state index is 12.1. The molecule has 0 bridgehead atoms. The van der Waals surface area contributed by atoms with E-state index in [9.17, 15) is 9.59 Å². The minimum atomic E-state index is -0.169. The molecule has 2 aromatic carbocycles. The van der Waals surface area contributed by atoms with E-state index in [1.807, 2.05) is 54.6 Å². The Morgan fingerprint density at radius 3 is 2.30 bits per heavy atom. The molecule has 1 aliphatic carbocycles. The number of rotatable bonds is 10. The molecule has 2 aromatic rings. The molecule has 0 radical (unpaired) electrons. The average Bonchev–Trinajstić information content (AvgIpc) is 2.78. The van der Waals surface area contributed by atoms with E-state index in [0.29, 0.717) is 32.1 Å². The Labute approximate surface area is 179 Å². The van der Waals surface area contributed by atoms with Crippen molar-refractivity contribution >= 4 is 11.8 Å². The van der Waals surface area contributed by atoms with Gasteiger partial charge in [-0.25, -0.2) is 0 Å². The molecule has 160 valence electrons. The van der Waals surface area contributed by atoms with Crippen LogP contribution in [0.2, 0.25) is 0 Å². The molecule has 1 aliphatic rings. The summed E-state index contributed by atoms with van der Waals surface area (Å²) in [4.78, 5) is 24.1. The lowest BCUT2D eigenvalue weighted by Gasteiger charge is -2.20. The Morgan fingerprint density at radius 2 is 1.50 bits per heavy atom. The third kappa shape index (κ3) is 7.99. The van der Waals surface area contributed by atoms with Crippen LogP contribution in [0.5, 0.6) is 0 Å². The number of carbonyl (C=O) groups is 2. The van der Waals surface area contributed by atoms with Gasteiger partial charge in [0.15, 0.2) is 0 Å². The van der Waals surface area contributed by atoms with Gasteiger partial charge >= 0.3 is 0 Å². The average molecular weight is 409 g/mol. The number of benzene rings is 2. The monoisotopic (exact) mass is 408 g/mol. The third-order valence-electron chi connectivity index (χ3n) is 5.51. The van der Waals surface area contributed by atoms with Crippen molar-refractivity contribution in [3.05, 3.63) is 71.3 Å². The summed E-state index contributed by atoms with van der Waals surface area (Å²) in [5, 5.41) is 5.62. The van der Waals surface area contributed by atoms with Gasteiger partial charge in [0.2, 0.25) is 11.8 Å². The Morgan fingerprint density at radius 1 is 0.800 bits per heavy atom. The number of amides is 2. The highest BCUT2D eigenvalue weighted by molar-refractivity contribution is 5.84.